The van der Waals surface area contributed by atoms with Gasteiger partial charge in [0.1, 0.15) is 4.21 Å². The zero-order valence-corrected chi connectivity index (χ0v) is 11.5. The monoisotopic (exact) mass is 281 g/mol. The van der Waals surface area contributed by atoms with Crippen LogP contribution in [0.4, 0.5) is 0 Å². The molecule has 0 saturated carbocycles. The average Bonchev–Trinajstić information content (AvgIpc) is 2.71. The van der Waals surface area contributed by atoms with Gasteiger partial charge in [0.15, 0.2) is 0 Å². The van der Waals surface area contributed by atoms with Crippen molar-refractivity contribution in [2.75, 3.05) is 12.9 Å². The lowest BCUT2D eigenvalue weighted by Crippen LogP contribution is -2.40. The van der Waals surface area contributed by atoms with Crippen LogP contribution in [0.5, 0.6) is 0 Å². The van der Waals surface area contributed by atoms with Crippen molar-refractivity contribution >= 4 is 33.1 Å². The molecule has 16 heavy (non-hydrogen) atoms. The normalized spacial score (nSPS) is 15.9. The highest BCUT2D eigenvalue weighted by molar-refractivity contribution is 7.99. The van der Waals surface area contributed by atoms with Gasteiger partial charge in [-0.05, 0) is 24.6 Å². The third-order valence-electron chi connectivity index (χ3n) is 2.14. The van der Waals surface area contributed by atoms with E-state index in [1.807, 2.05) is 6.26 Å². The SMILES string of the molecule is CSC(CO)C(C)NS(=O)(=O)c1cccs1. The molecule has 92 valence electrons. The van der Waals surface area contributed by atoms with Gasteiger partial charge in [0.05, 0.1) is 6.61 Å². The Labute approximate surface area is 104 Å². The predicted octanol–water partition coefficient (Wildman–Crippen LogP) is 1.14. The Bertz CT molecular complexity index is 398. The molecule has 1 rings (SSSR count). The van der Waals surface area contributed by atoms with Gasteiger partial charge in [-0.2, -0.15) is 11.8 Å². The summed E-state index contributed by atoms with van der Waals surface area (Å²) in [4.78, 5) is 0. The summed E-state index contributed by atoms with van der Waals surface area (Å²) >= 11 is 2.62. The Morgan fingerprint density at radius 2 is 2.31 bits per heavy atom. The highest BCUT2D eigenvalue weighted by atomic mass is 32.2. The Balaban J connectivity index is 2.74. The van der Waals surface area contributed by atoms with Crippen molar-refractivity contribution in [1.82, 2.24) is 4.72 Å². The van der Waals surface area contributed by atoms with Gasteiger partial charge in [0.2, 0.25) is 10.0 Å². The first-order valence-corrected chi connectivity index (χ1v) is 8.36. The number of aliphatic hydroxyl groups is 1. The lowest BCUT2D eigenvalue weighted by atomic mass is 10.3. The molecule has 0 aliphatic carbocycles. The zero-order valence-electron chi connectivity index (χ0n) is 9.08. The van der Waals surface area contributed by atoms with Gasteiger partial charge in [-0.25, -0.2) is 13.1 Å². The van der Waals surface area contributed by atoms with E-state index in [1.54, 1.807) is 24.4 Å². The molecular formula is C9H15NO3S3. The van der Waals surface area contributed by atoms with Crippen molar-refractivity contribution in [3.63, 3.8) is 0 Å². The van der Waals surface area contributed by atoms with Gasteiger partial charge < -0.3 is 5.11 Å². The van der Waals surface area contributed by atoms with Crippen LogP contribution in [0.15, 0.2) is 21.7 Å². The van der Waals surface area contributed by atoms with E-state index in [2.05, 4.69) is 4.72 Å². The Hall–Kier alpha value is -0.0800. The predicted molar refractivity (Wildman–Crippen MR) is 68.5 cm³/mol. The van der Waals surface area contributed by atoms with Crippen LogP contribution in [0.25, 0.3) is 0 Å². The molecule has 0 spiro atoms. The highest BCUT2D eigenvalue weighted by Crippen LogP contribution is 2.18. The van der Waals surface area contributed by atoms with Crippen LogP contribution in [-0.4, -0.2) is 37.7 Å². The molecule has 0 aromatic carbocycles. The Morgan fingerprint density at radius 3 is 2.75 bits per heavy atom. The van der Waals surface area contributed by atoms with Crippen LogP contribution in [0, 0.1) is 0 Å². The first-order chi connectivity index (χ1) is 7.51. The van der Waals surface area contributed by atoms with E-state index >= 15 is 0 Å². The number of sulfonamides is 1. The van der Waals surface area contributed by atoms with Crippen LogP contribution in [0.1, 0.15) is 6.92 Å². The second-order valence-corrected chi connectivity index (χ2v) is 7.26. The van der Waals surface area contributed by atoms with E-state index in [0.717, 1.165) is 0 Å². The summed E-state index contributed by atoms with van der Waals surface area (Å²) in [5, 5.41) is 10.7. The Morgan fingerprint density at radius 1 is 1.62 bits per heavy atom. The smallest absolute Gasteiger partial charge is 0.250 e. The van der Waals surface area contributed by atoms with E-state index < -0.39 is 10.0 Å². The maximum atomic E-state index is 11.8. The molecule has 2 N–H and O–H groups in total. The van der Waals surface area contributed by atoms with Gasteiger partial charge in [-0.1, -0.05) is 6.07 Å². The Kier molecular flexibility index (Phi) is 5.26. The van der Waals surface area contributed by atoms with E-state index in [0.29, 0.717) is 4.21 Å². The lowest BCUT2D eigenvalue weighted by molar-refractivity contribution is 0.282. The van der Waals surface area contributed by atoms with Crippen LogP contribution in [-0.2, 0) is 10.0 Å². The second kappa shape index (κ2) is 6.02. The molecule has 4 nitrogen and oxygen atoms in total. The summed E-state index contributed by atoms with van der Waals surface area (Å²) in [5.41, 5.74) is 0. The van der Waals surface area contributed by atoms with Crippen molar-refractivity contribution < 1.29 is 13.5 Å². The van der Waals surface area contributed by atoms with Crippen molar-refractivity contribution in [2.24, 2.45) is 0 Å². The average molecular weight is 281 g/mol. The van der Waals surface area contributed by atoms with E-state index in [1.165, 1.54) is 23.1 Å². The molecule has 0 radical (unpaired) electrons. The van der Waals surface area contributed by atoms with Crippen LogP contribution >= 0.6 is 23.1 Å². The fourth-order valence-corrected chi connectivity index (χ4v) is 4.24. The minimum absolute atomic E-state index is 0.0463. The molecule has 7 heteroatoms. The topological polar surface area (TPSA) is 66.4 Å². The van der Waals surface area contributed by atoms with Crippen molar-refractivity contribution in [3.05, 3.63) is 17.5 Å². The summed E-state index contributed by atoms with van der Waals surface area (Å²) in [6.45, 7) is 1.71. The largest absolute Gasteiger partial charge is 0.395 e. The number of hydrogen-bond donors (Lipinski definition) is 2. The third-order valence-corrected chi connectivity index (χ3v) is 6.26. The minimum Gasteiger partial charge on any atom is -0.395 e. The fourth-order valence-electron chi connectivity index (χ4n) is 1.23. The fraction of sp³-hybridized carbons (Fsp3) is 0.556. The van der Waals surface area contributed by atoms with Crippen molar-refractivity contribution in [1.29, 1.82) is 0 Å². The molecule has 0 saturated heterocycles. The van der Waals surface area contributed by atoms with Crippen molar-refractivity contribution in [3.8, 4) is 0 Å². The van der Waals surface area contributed by atoms with E-state index in [-0.39, 0.29) is 17.9 Å². The molecule has 1 aromatic rings. The summed E-state index contributed by atoms with van der Waals surface area (Å²) in [6.07, 6.45) is 1.84. The molecule has 2 atom stereocenters. The zero-order chi connectivity index (χ0) is 12.2. The van der Waals surface area contributed by atoms with E-state index in [9.17, 15) is 8.42 Å². The summed E-state index contributed by atoms with van der Waals surface area (Å²) < 4.78 is 26.6. The molecule has 0 amide bonds. The number of aliphatic hydroxyl groups excluding tert-OH is 1. The van der Waals surface area contributed by atoms with E-state index in [4.69, 9.17) is 5.11 Å². The molecule has 1 heterocycles. The molecule has 1 aromatic heterocycles. The van der Waals surface area contributed by atoms with Gasteiger partial charge in [0, 0.05) is 11.3 Å². The number of thiophene rings is 1. The number of hydrogen-bond acceptors (Lipinski definition) is 5. The number of nitrogens with one attached hydrogen (secondary N) is 1. The third kappa shape index (κ3) is 3.46. The van der Waals surface area contributed by atoms with Crippen LogP contribution < -0.4 is 4.72 Å². The standard InChI is InChI=1S/C9H15NO3S3/c1-7(8(6-11)14-2)10-16(12,13)9-4-3-5-15-9/h3-5,7-8,10-11H,6H2,1-2H3. The van der Waals surface area contributed by atoms with Crippen molar-refractivity contribution in [2.45, 2.75) is 22.4 Å². The summed E-state index contributed by atoms with van der Waals surface area (Å²) in [5.74, 6) is 0. The van der Waals surface area contributed by atoms with Gasteiger partial charge in [0.25, 0.3) is 0 Å². The quantitative estimate of drug-likeness (QED) is 0.820. The van der Waals surface area contributed by atoms with Gasteiger partial charge in [-0.15, -0.1) is 11.3 Å². The number of thioether (sulfide) groups is 1. The molecule has 0 aliphatic rings. The summed E-state index contributed by atoms with van der Waals surface area (Å²) in [6, 6.07) is 2.96. The second-order valence-electron chi connectivity index (χ2n) is 3.30. The first-order valence-electron chi connectivity index (χ1n) is 4.70. The minimum atomic E-state index is -3.44. The maximum Gasteiger partial charge on any atom is 0.250 e. The molecule has 0 aliphatic heterocycles. The van der Waals surface area contributed by atoms with Gasteiger partial charge in [-0.3, -0.25) is 0 Å². The summed E-state index contributed by atoms with van der Waals surface area (Å²) in [7, 11) is -3.44. The number of rotatable bonds is 6. The maximum absolute atomic E-state index is 11.8. The van der Waals surface area contributed by atoms with Crippen LogP contribution in [0.3, 0.4) is 0 Å². The first kappa shape index (κ1) is 14.0. The van der Waals surface area contributed by atoms with Crippen LogP contribution in [0.2, 0.25) is 0 Å². The molecular weight excluding hydrogens is 266 g/mol. The molecule has 0 bridgehead atoms. The van der Waals surface area contributed by atoms with Gasteiger partial charge >= 0.3 is 0 Å². The lowest BCUT2D eigenvalue weighted by Gasteiger charge is -2.20. The highest BCUT2D eigenvalue weighted by Gasteiger charge is 2.23. The molecule has 0 fully saturated rings. The molecule has 2 unspecified atom stereocenters.